The Labute approximate surface area is 119 Å². The molecule has 0 bridgehead atoms. The average Bonchev–Trinajstić information content (AvgIpc) is 2.84. The Kier molecular flexibility index (Phi) is 4.94. The summed E-state index contributed by atoms with van der Waals surface area (Å²) in [5.41, 5.74) is 0. The molecule has 1 fully saturated rings. The molecule has 1 aliphatic rings. The van der Waals surface area contributed by atoms with E-state index in [0.717, 1.165) is 12.2 Å². The molecule has 2 amide bonds. The van der Waals surface area contributed by atoms with Gasteiger partial charge in [0.25, 0.3) is 0 Å². The van der Waals surface area contributed by atoms with Crippen molar-refractivity contribution in [2.45, 2.75) is 26.3 Å². The molecule has 0 aliphatic carbocycles. The molecule has 0 saturated carbocycles. The summed E-state index contributed by atoms with van der Waals surface area (Å²) < 4.78 is 6.98. The van der Waals surface area contributed by atoms with Crippen LogP contribution in [0.2, 0.25) is 0 Å². The molecule has 1 aromatic rings. The van der Waals surface area contributed by atoms with Crippen LogP contribution < -0.4 is 5.32 Å². The Hall–Kier alpha value is -1.63. The van der Waals surface area contributed by atoms with Crippen LogP contribution in [0.5, 0.6) is 0 Å². The van der Waals surface area contributed by atoms with Gasteiger partial charge in [0.2, 0.25) is 0 Å². The van der Waals surface area contributed by atoms with E-state index in [2.05, 4.69) is 29.2 Å². The Bertz CT molecular complexity index is 440. The maximum Gasteiger partial charge on any atom is 0.318 e. The van der Waals surface area contributed by atoms with Gasteiger partial charge in [-0.15, -0.1) is 0 Å². The highest BCUT2D eigenvalue weighted by molar-refractivity contribution is 5.74. The van der Waals surface area contributed by atoms with Crippen LogP contribution in [0, 0.1) is 5.92 Å². The summed E-state index contributed by atoms with van der Waals surface area (Å²) in [5.74, 6) is 1.25. The molecule has 2 rings (SSSR count). The van der Waals surface area contributed by atoms with E-state index in [4.69, 9.17) is 4.74 Å². The van der Waals surface area contributed by atoms with Crippen LogP contribution in [0.3, 0.4) is 0 Å². The van der Waals surface area contributed by atoms with Gasteiger partial charge in [-0.05, 0) is 12.3 Å². The number of morpholine rings is 1. The first-order valence-electron chi connectivity index (χ1n) is 7.05. The Balaban J connectivity index is 2.03. The first-order chi connectivity index (χ1) is 9.58. The third-order valence-corrected chi connectivity index (χ3v) is 3.36. The van der Waals surface area contributed by atoms with Crippen molar-refractivity contribution < 1.29 is 9.53 Å². The van der Waals surface area contributed by atoms with E-state index >= 15 is 0 Å². The third kappa shape index (κ3) is 3.69. The van der Waals surface area contributed by atoms with Crippen molar-refractivity contribution in [2.75, 3.05) is 26.3 Å². The number of carbonyl (C=O) groups is 1. The SMILES string of the molecule is CC(C)C[C@@H](NC(=O)N1CCOCC1)c1ncnn1C. The van der Waals surface area contributed by atoms with E-state index in [1.807, 2.05) is 7.05 Å². The maximum absolute atomic E-state index is 12.3. The van der Waals surface area contributed by atoms with Gasteiger partial charge in [-0.2, -0.15) is 5.10 Å². The van der Waals surface area contributed by atoms with Gasteiger partial charge >= 0.3 is 6.03 Å². The standard InChI is InChI=1S/C13H23N5O2/c1-10(2)8-11(12-14-9-15-17(12)3)16-13(19)18-4-6-20-7-5-18/h9-11H,4-8H2,1-3H3,(H,16,19)/t11-/m1/s1. The van der Waals surface area contributed by atoms with Gasteiger partial charge in [0, 0.05) is 20.1 Å². The smallest absolute Gasteiger partial charge is 0.318 e. The molecule has 0 aromatic carbocycles. The Morgan fingerprint density at radius 2 is 2.15 bits per heavy atom. The van der Waals surface area contributed by atoms with Crippen LogP contribution in [0.4, 0.5) is 4.79 Å². The molecule has 0 unspecified atom stereocenters. The predicted molar refractivity (Wildman–Crippen MR) is 74.1 cm³/mol. The quantitative estimate of drug-likeness (QED) is 0.891. The summed E-state index contributed by atoms with van der Waals surface area (Å²) in [6.07, 6.45) is 2.35. The highest BCUT2D eigenvalue weighted by Gasteiger charge is 2.24. The monoisotopic (exact) mass is 281 g/mol. The molecule has 1 aliphatic heterocycles. The summed E-state index contributed by atoms with van der Waals surface area (Å²) in [6, 6.07) is -0.167. The van der Waals surface area contributed by atoms with Crippen LogP contribution in [-0.2, 0) is 11.8 Å². The van der Waals surface area contributed by atoms with Crippen LogP contribution >= 0.6 is 0 Å². The maximum atomic E-state index is 12.3. The second kappa shape index (κ2) is 6.69. The zero-order chi connectivity index (χ0) is 14.5. The van der Waals surface area contributed by atoms with Crippen LogP contribution in [-0.4, -0.2) is 52.0 Å². The van der Waals surface area contributed by atoms with E-state index in [1.165, 1.54) is 6.33 Å². The predicted octanol–water partition coefficient (Wildman–Crippen LogP) is 0.944. The third-order valence-electron chi connectivity index (χ3n) is 3.36. The molecular formula is C13H23N5O2. The number of nitrogens with zero attached hydrogens (tertiary/aromatic N) is 4. The van der Waals surface area contributed by atoms with Crippen molar-refractivity contribution in [3.05, 3.63) is 12.2 Å². The molecule has 1 aromatic heterocycles. The number of ether oxygens (including phenoxy) is 1. The van der Waals surface area contributed by atoms with Crippen LogP contribution in [0.15, 0.2) is 6.33 Å². The molecule has 0 spiro atoms. The molecule has 112 valence electrons. The van der Waals surface area contributed by atoms with Crippen molar-refractivity contribution in [1.29, 1.82) is 0 Å². The second-order valence-electron chi connectivity index (χ2n) is 5.47. The molecule has 7 nitrogen and oxygen atoms in total. The van der Waals surface area contributed by atoms with Gasteiger partial charge in [-0.3, -0.25) is 4.68 Å². The zero-order valence-electron chi connectivity index (χ0n) is 12.4. The number of nitrogens with one attached hydrogen (secondary N) is 1. The van der Waals surface area contributed by atoms with Crippen molar-refractivity contribution in [3.63, 3.8) is 0 Å². The molecular weight excluding hydrogens is 258 g/mol. The van der Waals surface area contributed by atoms with E-state index in [0.29, 0.717) is 32.2 Å². The fourth-order valence-corrected chi connectivity index (χ4v) is 2.33. The van der Waals surface area contributed by atoms with Gasteiger partial charge in [0.05, 0.1) is 19.3 Å². The molecule has 1 atom stereocenters. The van der Waals surface area contributed by atoms with Gasteiger partial charge in [0.15, 0.2) is 0 Å². The topological polar surface area (TPSA) is 72.3 Å². The molecule has 0 radical (unpaired) electrons. The van der Waals surface area contributed by atoms with E-state index in [-0.39, 0.29) is 12.1 Å². The lowest BCUT2D eigenvalue weighted by molar-refractivity contribution is 0.0522. The van der Waals surface area contributed by atoms with Crippen molar-refractivity contribution in [3.8, 4) is 0 Å². The molecule has 20 heavy (non-hydrogen) atoms. The largest absolute Gasteiger partial charge is 0.378 e. The summed E-state index contributed by atoms with van der Waals surface area (Å²) in [6.45, 7) is 6.74. The summed E-state index contributed by atoms with van der Waals surface area (Å²) in [7, 11) is 1.84. The van der Waals surface area contributed by atoms with E-state index < -0.39 is 0 Å². The number of aryl methyl sites for hydroxylation is 1. The number of amides is 2. The van der Waals surface area contributed by atoms with Crippen LogP contribution in [0.1, 0.15) is 32.1 Å². The highest BCUT2D eigenvalue weighted by atomic mass is 16.5. The lowest BCUT2D eigenvalue weighted by atomic mass is 10.0. The summed E-state index contributed by atoms with van der Waals surface area (Å²) in [4.78, 5) is 18.3. The number of aromatic nitrogens is 3. The van der Waals surface area contributed by atoms with Crippen molar-refractivity contribution >= 4 is 6.03 Å². The fraction of sp³-hybridized carbons (Fsp3) is 0.769. The first kappa shape index (κ1) is 14.8. The number of urea groups is 1. The van der Waals surface area contributed by atoms with Crippen molar-refractivity contribution in [2.24, 2.45) is 13.0 Å². The first-order valence-corrected chi connectivity index (χ1v) is 7.05. The number of hydrogen-bond acceptors (Lipinski definition) is 4. The molecule has 2 heterocycles. The van der Waals surface area contributed by atoms with Crippen LogP contribution in [0.25, 0.3) is 0 Å². The van der Waals surface area contributed by atoms with Gasteiger partial charge in [0.1, 0.15) is 12.2 Å². The van der Waals surface area contributed by atoms with E-state index in [1.54, 1.807) is 9.58 Å². The number of hydrogen-bond donors (Lipinski definition) is 1. The van der Waals surface area contributed by atoms with Crippen molar-refractivity contribution in [1.82, 2.24) is 25.0 Å². The zero-order valence-corrected chi connectivity index (χ0v) is 12.4. The van der Waals surface area contributed by atoms with Gasteiger partial charge < -0.3 is 15.0 Å². The lowest BCUT2D eigenvalue weighted by Crippen LogP contribution is -2.47. The molecule has 1 N–H and O–H groups in total. The summed E-state index contributed by atoms with van der Waals surface area (Å²) >= 11 is 0. The minimum atomic E-state index is -0.113. The lowest BCUT2D eigenvalue weighted by Gasteiger charge is -2.29. The normalized spacial score (nSPS) is 17.3. The average molecular weight is 281 g/mol. The Morgan fingerprint density at radius 3 is 2.70 bits per heavy atom. The van der Waals surface area contributed by atoms with E-state index in [9.17, 15) is 4.79 Å². The molecule has 7 heteroatoms. The highest BCUT2D eigenvalue weighted by Crippen LogP contribution is 2.19. The fourth-order valence-electron chi connectivity index (χ4n) is 2.33. The number of carbonyl (C=O) groups excluding carboxylic acids is 1. The second-order valence-corrected chi connectivity index (χ2v) is 5.47. The summed E-state index contributed by atoms with van der Waals surface area (Å²) in [5, 5.41) is 7.15. The van der Waals surface area contributed by atoms with Gasteiger partial charge in [-0.25, -0.2) is 9.78 Å². The number of rotatable bonds is 4. The minimum Gasteiger partial charge on any atom is -0.378 e. The Morgan fingerprint density at radius 1 is 1.45 bits per heavy atom. The van der Waals surface area contributed by atoms with Gasteiger partial charge in [-0.1, -0.05) is 13.8 Å². The molecule has 1 saturated heterocycles. The minimum absolute atomic E-state index is 0.0537.